The van der Waals surface area contributed by atoms with Crippen molar-refractivity contribution in [1.82, 2.24) is 20.0 Å². The van der Waals surface area contributed by atoms with E-state index in [9.17, 15) is 4.79 Å². The van der Waals surface area contributed by atoms with Crippen molar-refractivity contribution in [1.29, 1.82) is 0 Å². The minimum Gasteiger partial charge on any atom is -0.379 e. The Morgan fingerprint density at radius 1 is 1.17 bits per heavy atom. The third kappa shape index (κ3) is 4.46. The van der Waals surface area contributed by atoms with E-state index in [0.717, 1.165) is 44.0 Å². The molecular formula is C22H26N4O3. The van der Waals surface area contributed by atoms with E-state index in [4.69, 9.17) is 9.26 Å². The van der Waals surface area contributed by atoms with E-state index in [1.165, 1.54) is 0 Å². The van der Waals surface area contributed by atoms with E-state index < -0.39 is 0 Å². The Morgan fingerprint density at radius 3 is 2.66 bits per heavy atom. The second-order valence-electron chi connectivity index (χ2n) is 7.73. The quantitative estimate of drug-likeness (QED) is 0.692. The number of nitrogens with zero attached hydrogens (tertiary/aromatic N) is 3. The fraction of sp³-hybridized carbons (Fsp3) is 0.409. The second kappa shape index (κ2) is 8.71. The van der Waals surface area contributed by atoms with Crippen molar-refractivity contribution < 1.29 is 9.26 Å². The Kier molecular flexibility index (Phi) is 5.87. The monoisotopic (exact) mass is 394 g/mol. The molecule has 29 heavy (non-hydrogen) atoms. The van der Waals surface area contributed by atoms with Crippen LogP contribution < -0.4 is 5.56 Å². The van der Waals surface area contributed by atoms with E-state index in [-0.39, 0.29) is 17.4 Å². The van der Waals surface area contributed by atoms with Crippen LogP contribution in [0.4, 0.5) is 0 Å². The zero-order chi connectivity index (χ0) is 20.2. The summed E-state index contributed by atoms with van der Waals surface area (Å²) in [6.45, 7) is 8.23. The van der Waals surface area contributed by atoms with Gasteiger partial charge in [-0.05, 0) is 23.1 Å². The van der Waals surface area contributed by atoms with E-state index in [2.05, 4.69) is 46.0 Å². The lowest BCUT2D eigenvalue weighted by molar-refractivity contribution is 0.0341. The number of aromatic amines is 1. The summed E-state index contributed by atoms with van der Waals surface area (Å²) in [5.74, 6) is 1.11. The molecule has 7 nitrogen and oxygen atoms in total. The van der Waals surface area contributed by atoms with Gasteiger partial charge in [-0.1, -0.05) is 49.3 Å². The van der Waals surface area contributed by atoms with Crippen molar-refractivity contribution >= 4 is 0 Å². The first-order valence-corrected chi connectivity index (χ1v) is 10.0. The molecule has 1 saturated heterocycles. The lowest BCUT2D eigenvalue weighted by atomic mass is 9.88. The maximum atomic E-state index is 12.4. The minimum absolute atomic E-state index is 0.0203. The number of nitrogens with one attached hydrogen (secondary N) is 1. The molecule has 2 aromatic heterocycles. The molecule has 3 aromatic rings. The molecule has 0 aliphatic carbocycles. The van der Waals surface area contributed by atoms with Crippen molar-refractivity contribution in [2.24, 2.45) is 5.92 Å². The molecule has 1 N–H and O–H groups in total. The van der Waals surface area contributed by atoms with Crippen molar-refractivity contribution in [3.05, 3.63) is 70.0 Å². The normalized spacial score (nSPS) is 16.2. The molecule has 0 saturated carbocycles. The van der Waals surface area contributed by atoms with Crippen molar-refractivity contribution in [2.45, 2.75) is 26.3 Å². The number of benzene rings is 1. The Hall–Kier alpha value is -2.77. The summed E-state index contributed by atoms with van der Waals surface area (Å²) in [5, 5.41) is 4.12. The van der Waals surface area contributed by atoms with Crippen LogP contribution in [0.5, 0.6) is 0 Å². The Balaban J connectivity index is 1.61. The van der Waals surface area contributed by atoms with Crippen LogP contribution in [0, 0.1) is 5.92 Å². The first-order valence-electron chi connectivity index (χ1n) is 10.0. The third-order valence-corrected chi connectivity index (χ3v) is 5.25. The van der Waals surface area contributed by atoms with Gasteiger partial charge in [-0.25, -0.2) is 0 Å². The molecule has 1 unspecified atom stereocenters. The molecule has 0 radical (unpaired) electrons. The lowest BCUT2D eigenvalue weighted by Gasteiger charge is -2.26. The molecule has 1 atom stereocenters. The van der Waals surface area contributed by atoms with Gasteiger partial charge < -0.3 is 14.2 Å². The maximum absolute atomic E-state index is 12.4. The molecule has 4 rings (SSSR count). The van der Waals surface area contributed by atoms with Gasteiger partial charge in [0.05, 0.1) is 24.7 Å². The van der Waals surface area contributed by atoms with Gasteiger partial charge in [-0.3, -0.25) is 9.69 Å². The number of rotatable bonds is 6. The van der Waals surface area contributed by atoms with E-state index >= 15 is 0 Å². The average molecular weight is 394 g/mol. The van der Waals surface area contributed by atoms with Crippen LogP contribution in [0.3, 0.4) is 0 Å². The highest BCUT2D eigenvalue weighted by atomic mass is 16.5. The predicted octanol–water partition coefficient (Wildman–Crippen LogP) is 3.05. The van der Waals surface area contributed by atoms with E-state index in [1.54, 1.807) is 6.20 Å². The smallest absolute Gasteiger partial charge is 0.259 e. The van der Waals surface area contributed by atoms with E-state index in [0.29, 0.717) is 17.3 Å². The highest BCUT2D eigenvalue weighted by Gasteiger charge is 2.25. The molecular weight excluding hydrogens is 368 g/mol. The first-order chi connectivity index (χ1) is 14.1. The van der Waals surface area contributed by atoms with Gasteiger partial charge in [0.15, 0.2) is 0 Å². The standard InChI is InChI=1S/C22H26N4O3/c1-15(2)19(17-6-4-3-5-7-17)22-24-20(25-29-22)18-12-16(13-23-21(18)27)14-26-8-10-28-11-9-26/h3-7,12-13,15,19H,8-11,14H2,1-2H3,(H,23,27). The van der Waals surface area contributed by atoms with Crippen LogP contribution in [-0.2, 0) is 11.3 Å². The number of hydrogen-bond donors (Lipinski definition) is 1. The number of hydrogen-bond acceptors (Lipinski definition) is 6. The molecule has 1 aliphatic heterocycles. The Morgan fingerprint density at radius 2 is 1.93 bits per heavy atom. The number of morpholine rings is 1. The minimum atomic E-state index is -0.219. The zero-order valence-corrected chi connectivity index (χ0v) is 16.8. The fourth-order valence-corrected chi connectivity index (χ4v) is 3.75. The molecule has 1 aromatic carbocycles. The maximum Gasteiger partial charge on any atom is 0.259 e. The highest BCUT2D eigenvalue weighted by Crippen LogP contribution is 2.31. The Bertz CT molecular complexity index is 991. The van der Waals surface area contributed by atoms with Crippen molar-refractivity contribution in [3.8, 4) is 11.4 Å². The zero-order valence-electron chi connectivity index (χ0n) is 16.8. The summed E-state index contributed by atoms with van der Waals surface area (Å²) in [6.07, 6.45) is 1.75. The molecule has 1 aliphatic rings. The molecule has 0 spiro atoms. The van der Waals surface area contributed by atoms with Crippen LogP contribution in [0.15, 0.2) is 51.9 Å². The third-order valence-electron chi connectivity index (χ3n) is 5.25. The highest BCUT2D eigenvalue weighted by molar-refractivity contribution is 5.53. The molecule has 152 valence electrons. The fourth-order valence-electron chi connectivity index (χ4n) is 3.75. The van der Waals surface area contributed by atoms with Crippen molar-refractivity contribution in [3.63, 3.8) is 0 Å². The topological polar surface area (TPSA) is 84.3 Å². The van der Waals surface area contributed by atoms with Gasteiger partial charge in [0.1, 0.15) is 0 Å². The average Bonchev–Trinajstić information content (AvgIpc) is 3.20. The van der Waals surface area contributed by atoms with Gasteiger partial charge in [0.25, 0.3) is 5.56 Å². The molecule has 1 fully saturated rings. The molecule has 7 heteroatoms. The summed E-state index contributed by atoms with van der Waals surface area (Å²) in [5.41, 5.74) is 2.34. The van der Waals surface area contributed by atoms with Crippen LogP contribution in [-0.4, -0.2) is 46.3 Å². The molecule has 0 amide bonds. The summed E-state index contributed by atoms with van der Waals surface area (Å²) in [6, 6.07) is 12.0. The summed E-state index contributed by atoms with van der Waals surface area (Å²) >= 11 is 0. The Labute approximate surface area is 169 Å². The second-order valence-corrected chi connectivity index (χ2v) is 7.73. The van der Waals surface area contributed by atoms with Gasteiger partial charge >= 0.3 is 0 Å². The van der Waals surface area contributed by atoms with Gasteiger partial charge in [-0.2, -0.15) is 4.98 Å². The SMILES string of the molecule is CC(C)C(c1ccccc1)c1nc(-c2cc(CN3CCOCC3)c[nH]c2=O)no1. The van der Waals surface area contributed by atoms with Gasteiger partial charge in [-0.15, -0.1) is 0 Å². The number of pyridine rings is 1. The molecule has 0 bridgehead atoms. The number of aromatic nitrogens is 3. The van der Waals surface area contributed by atoms with Gasteiger partial charge in [0.2, 0.25) is 11.7 Å². The number of H-pyrrole nitrogens is 1. The van der Waals surface area contributed by atoms with Crippen molar-refractivity contribution in [2.75, 3.05) is 26.3 Å². The summed E-state index contributed by atoms with van der Waals surface area (Å²) in [4.78, 5) is 22.1. The summed E-state index contributed by atoms with van der Waals surface area (Å²) < 4.78 is 11.0. The van der Waals surface area contributed by atoms with Crippen LogP contribution >= 0.6 is 0 Å². The predicted molar refractivity (Wildman–Crippen MR) is 110 cm³/mol. The largest absolute Gasteiger partial charge is 0.379 e. The van der Waals surface area contributed by atoms with Crippen LogP contribution in [0.2, 0.25) is 0 Å². The number of ether oxygens (including phenoxy) is 1. The van der Waals surface area contributed by atoms with E-state index in [1.807, 2.05) is 24.3 Å². The van der Waals surface area contributed by atoms with Crippen LogP contribution in [0.1, 0.15) is 36.8 Å². The van der Waals surface area contributed by atoms with Gasteiger partial charge in [0, 0.05) is 25.8 Å². The molecule has 3 heterocycles. The first kappa shape index (κ1) is 19.5. The lowest BCUT2D eigenvalue weighted by Crippen LogP contribution is -2.35. The van der Waals surface area contributed by atoms with Crippen LogP contribution in [0.25, 0.3) is 11.4 Å². The summed E-state index contributed by atoms with van der Waals surface area (Å²) in [7, 11) is 0.